The Morgan fingerprint density at radius 2 is 2.12 bits per heavy atom. The van der Waals surface area contributed by atoms with Crippen LogP contribution in [0.2, 0.25) is 0 Å². The van der Waals surface area contributed by atoms with E-state index in [2.05, 4.69) is 20.5 Å². The van der Waals surface area contributed by atoms with Gasteiger partial charge in [-0.1, -0.05) is 18.2 Å². The smallest absolute Gasteiger partial charge is 0.257 e. The molecule has 0 unspecified atom stereocenters. The van der Waals surface area contributed by atoms with E-state index >= 15 is 0 Å². The van der Waals surface area contributed by atoms with E-state index in [1.165, 1.54) is 11.3 Å². The van der Waals surface area contributed by atoms with E-state index in [1.54, 1.807) is 19.2 Å². The molecular formula is C17H20N4O2S. The summed E-state index contributed by atoms with van der Waals surface area (Å²) in [5, 5.41) is 8.05. The van der Waals surface area contributed by atoms with Crippen molar-refractivity contribution in [1.29, 1.82) is 0 Å². The summed E-state index contributed by atoms with van der Waals surface area (Å²) in [6.45, 7) is 1.27. The highest BCUT2D eigenvalue weighted by Crippen LogP contribution is 2.33. The molecule has 0 bridgehead atoms. The Hall–Kier alpha value is -2.25. The number of hydrogen-bond acceptors (Lipinski definition) is 5. The summed E-state index contributed by atoms with van der Waals surface area (Å²) < 4.78 is 0. The number of nitrogens with one attached hydrogen (secondary N) is 2. The number of likely N-dealkylation sites (tertiary alicyclic amines) is 1. The van der Waals surface area contributed by atoms with Crippen LogP contribution in [0.3, 0.4) is 0 Å². The predicted octanol–water partition coefficient (Wildman–Crippen LogP) is 2.28. The van der Waals surface area contributed by atoms with Gasteiger partial charge in [0.15, 0.2) is 5.13 Å². The first-order valence-corrected chi connectivity index (χ1v) is 8.82. The highest BCUT2D eigenvalue weighted by Gasteiger charge is 2.29. The van der Waals surface area contributed by atoms with E-state index in [0.717, 1.165) is 25.1 Å². The second-order valence-corrected chi connectivity index (χ2v) is 6.56. The van der Waals surface area contributed by atoms with E-state index in [9.17, 15) is 9.59 Å². The molecule has 0 spiro atoms. The molecule has 2 aromatic rings. The SMILES string of the molecule is CNC(=O)CN1CCC[C@@H]1c1csc(NC(=O)c2ccccc2)n1. The van der Waals surface area contributed by atoms with Crippen LogP contribution in [0.15, 0.2) is 35.7 Å². The van der Waals surface area contributed by atoms with Crippen molar-refractivity contribution in [2.24, 2.45) is 0 Å². The van der Waals surface area contributed by atoms with E-state index < -0.39 is 0 Å². The monoisotopic (exact) mass is 344 g/mol. The molecule has 24 heavy (non-hydrogen) atoms. The third-order valence-electron chi connectivity index (χ3n) is 4.11. The Balaban J connectivity index is 1.66. The molecule has 7 heteroatoms. The van der Waals surface area contributed by atoms with E-state index in [-0.39, 0.29) is 17.9 Å². The fourth-order valence-corrected chi connectivity index (χ4v) is 3.62. The van der Waals surface area contributed by atoms with Gasteiger partial charge >= 0.3 is 0 Å². The zero-order valence-electron chi connectivity index (χ0n) is 13.5. The van der Waals surface area contributed by atoms with Gasteiger partial charge in [-0.05, 0) is 31.5 Å². The summed E-state index contributed by atoms with van der Waals surface area (Å²) in [6, 6.07) is 9.22. The number of hydrogen-bond donors (Lipinski definition) is 2. The number of likely N-dealkylation sites (N-methyl/N-ethyl adjacent to an activating group) is 1. The number of carbonyl (C=O) groups is 2. The van der Waals surface area contributed by atoms with Gasteiger partial charge in [0.2, 0.25) is 5.91 Å². The summed E-state index contributed by atoms with van der Waals surface area (Å²) >= 11 is 1.42. The van der Waals surface area contributed by atoms with E-state index in [1.807, 2.05) is 23.6 Å². The average molecular weight is 344 g/mol. The molecule has 3 rings (SSSR count). The highest BCUT2D eigenvalue weighted by molar-refractivity contribution is 7.14. The first-order valence-electron chi connectivity index (χ1n) is 7.94. The Labute approximate surface area is 144 Å². The summed E-state index contributed by atoms with van der Waals surface area (Å²) in [6.07, 6.45) is 2.03. The van der Waals surface area contributed by atoms with Crippen LogP contribution >= 0.6 is 11.3 Å². The Bertz CT molecular complexity index is 716. The summed E-state index contributed by atoms with van der Waals surface area (Å²) in [4.78, 5) is 30.5. The van der Waals surface area contributed by atoms with Gasteiger partial charge in [0, 0.05) is 18.0 Å². The van der Waals surface area contributed by atoms with Crippen molar-refractivity contribution in [3.8, 4) is 0 Å². The molecule has 6 nitrogen and oxygen atoms in total. The Kier molecular flexibility index (Phi) is 5.22. The first-order chi connectivity index (χ1) is 11.7. The number of amides is 2. The molecule has 1 aliphatic rings. The third kappa shape index (κ3) is 3.80. The van der Waals surface area contributed by atoms with Crippen molar-refractivity contribution in [2.45, 2.75) is 18.9 Å². The topological polar surface area (TPSA) is 74.3 Å². The summed E-state index contributed by atoms with van der Waals surface area (Å²) in [7, 11) is 1.65. The lowest BCUT2D eigenvalue weighted by Crippen LogP contribution is -2.35. The molecule has 2 N–H and O–H groups in total. The zero-order chi connectivity index (χ0) is 16.9. The number of aromatic nitrogens is 1. The molecular weight excluding hydrogens is 324 g/mol. The van der Waals surface area contributed by atoms with Crippen LogP contribution in [0.5, 0.6) is 0 Å². The fourth-order valence-electron chi connectivity index (χ4n) is 2.87. The van der Waals surface area contributed by atoms with Gasteiger partial charge in [-0.3, -0.25) is 19.8 Å². The second kappa shape index (κ2) is 7.55. The van der Waals surface area contributed by atoms with E-state index in [4.69, 9.17) is 0 Å². The van der Waals surface area contributed by atoms with Crippen LogP contribution in [-0.2, 0) is 4.79 Å². The number of carbonyl (C=O) groups excluding carboxylic acids is 2. The van der Waals surface area contributed by atoms with Crippen LogP contribution in [0.1, 0.15) is 34.9 Å². The number of thiazole rings is 1. The van der Waals surface area contributed by atoms with Crippen molar-refractivity contribution in [3.63, 3.8) is 0 Å². The Morgan fingerprint density at radius 1 is 1.33 bits per heavy atom. The minimum atomic E-state index is -0.162. The minimum absolute atomic E-state index is 0.00901. The molecule has 1 aromatic heterocycles. The van der Waals surface area contributed by atoms with Gasteiger partial charge in [-0.15, -0.1) is 11.3 Å². The van der Waals surface area contributed by atoms with Gasteiger partial charge in [0.1, 0.15) is 0 Å². The highest BCUT2D eigenvalue weighted by atomic mass is 32.1. The summed E-state index contributed by atoms with van der Waals surface area (Å²) in [5.41, 5.74) is 1.53. The molecule has 1 saturated heterocycles. The quantitative estimate of drug-likeness (QED) is 0.873. The van der Waals surface area contributed by atoms with Crippen LogP contribution in [-0.4, -0.2) is 41.8 Å². The average Bonchev–Trinajstić information content (AvgIpc) is 3.24. The van der Waals surface area contributed by atoms with Crippen LogP contribution < -0.4 is 10.6 Å². The van der Waals surface area contributed by atoms with Crippen molar-refractivity contribution in [3.05, 3.63) is 47.0 Å². The molecule has 0 saturated carbocycles. The molecule has 1 fully saturated rings. The minimum Gasteiger partial charge on any atom is -0.358 e. The molecule has 1 aliphatic heterocycles. The van der Waals surface area contributed by atoms with Gasteiger partial charge in [-0.2, -0.15) is 0 Å². The number of nitrogens with zero attached hydrogens (tertiary/aromatic N) is 2. The maximum atomic E-state index is 12.2. The largest absolute Gasteiger partial charge is 0.358 e. The molecule has 0 aliphatic carbocycles. The molecule has 126 valence electrons. The number of anilines is 1. The first kappa shape index (κ1) is 16.6. The van der Waals surface area contributed by atoms with Crippen molar-refractivity contribution in [1.82, 2.24) is 15.2 Å². The maximum absolute atomic E-state index is 12.2. The van der Waals surface area contributed by atoms with Gasteiger partial charge in [0.25, 0.3) is 5.91 Å². The van der Waals surface area contributed by atoms with E-state index in [0.29, 0.717) is 17.2 Å². The zero-order valence-corrected chi connectivity index (χ0v) is 14.3. The molecule has 0 radical (unpaired) electrons. The summed E-state index contributed by atoms with van der Waals surface area (Å²) in [5.74, 6) is -0.153. The van der Waals surface area contributed by atoms with Gasteiger partial charge in [0.05, 0.1) is 18.3 Å². The maximum Gasteiger partial charge on any atom is 0.257 e. The number of benzene rings is 1. The van der Waals surface area contributed by atoms with Crippen LogP contribution in [0.25, 0.3) is 0 Å². The normalized spacial score (nSPS) is 17.6. The molecule has 2 heterocycles. The van der Waals surface area contributed by atoms with Gasteiger partial charge < -0.3 is 5.32 Å². The molecule has 2 amide bonds. The fraction of sp³-hybridized carbons (Fsp3) is 0.353. The van der Waals surface area contributed by atoms with Crippen LogP contribution in [0, 0.1) is 0 Å². The molecule has 1 atom stereocenters. The van der Waals surface area contributed by atoms with Crippen molar-refractivity contribution in [2.75, 3.05) is 25.5 Å². The lowest BCUT2D eigenvalue weighted by atomic mass is 10.2. The number of rotatable bonds is 5. The Morgan fingerprint density at radius 3 is 2.88 bits per heavy atom. The van der Waals surface area contributed by atoms with Gasteiger partial charge in [-0.25, -0.2) is 4.98 Å². The lowest BCUT2D eigenvalue weighted by Gasteiger charge is -2.21. The third-order valence-corrected chi connectivity index (χ3v) is 4.88. The van der Waals surface area contributed by atoms with Crippen LogP contribution in [0.4, 0.5) is 5.13 Å². The molecule has 1 aromatic carbocycles. The van der Waals surface area contributed by atoms with Crippen molar-refractivity contribution < 1.29 is 9.59 Å². The predicted molar refractivity (Wildman–Crippen MR) is 94.1 cm³/mol. The van der Waals surface area contributed by atoms with Crippen molar-refractivity contribution >= 4 is 28.3 Å². The standard InChI is InChI=1S/C17H20N4O2S/c1-18-15(22)10-21-9-5-8-14(21)13-11-24-17(19-13)20-16(23)12-6-3-2-4-7-12/h2-4,6-7,11,14H,5,8-10H2,1H3,(H,18,22)(H,19,20,23)/t14-/m1/s1. The second-order valence-electron chi connectivity index (χ2n) is 5.70. The lowest BCUT2D eigenvalue weighted by molar-refractivity contribution is -0.122.